The molecule has 3 heteroatoms. The van der Waals surface area contributed by atoms with Crippen molar-refractivity contribution in [3.63, 3.8) is 0 Å². The molecule has 0 saturated carbocycles. The van der Waals surface area contributed by atoms with Crippen LogP contribution in [-0.2, 0) is 10.2 Å². The summed E-state index contributed by atoms with van der Waals surface area (Å²) in [4.78, 5) is 2.50. The molecule has 0 amide bonds. The zero-order valence-corrected chi connectivity index (χ0v) is 11.1. The second kappa shape index (κ2) is 4.90. The Balaban J connectivity index is 1.90. The van der Waals surface area contributed by atoms with Gasteiger partial charge in [0.25, 0.3) is 0 Å². The lowest BCUT2D eigenvalue weighted by molar-refractivity contribution is 0.203. The quantitative estimate of drug-likeness (QED) is 0.880. The van der Waals surface area contributed by atoms with Gasteiger partial charge in [-0.2, -0.15) is 0 Å². The summed E-state index contributed by atoms with van der Waals surface area (Å²) < 4.78 is 5.24. The maximum atomic E-state index is 5.24. The van der Waals surface area contributed by atoms with Crippen LogP contribution in [-0.4, -0.2) is 39.9 Å². The largest absolute Gasteiger partial charge is 0.383 e. The smallest absolute Gasteiger partial charge is 0.0637 e. The second-order valence-corrected chi connectivity index (χ2v) is 5.46. The summed E-state index contributed by atoms with van der Waals surface area (Å²) in [6.45, 7) is 5.27. The molecule has 1 fully saturated rings. The average Bonchev–Trinajstić information content (AvgIpc) is 2.72. The summed E-state index contributed by atoms with van der Waals surface area (Å²) in [5.74, 6) is 0. The van der Waals surface area contributed by atoms with E-state index in [2.05, 4.69) is 34.5 Å². The maximum absolute atomic E-state index is 5.24. The number of nitrogens with zero attached hydrogens (tertiary/aromatic N) is 1. The van der Waals surface area contributed by atoms with Crippen LogP contribution in [0.25, 0.3) is 0 Å². The maximum Gasteiger partial charge on any atom is 0.0637 e. The van der Waals surface area contributed by atoms with Gasteiger partial charge >= 0.3 is 0 Å². The van der Waals surface area contributed by atoms with E-state index >= 15 is 0 Å². The lowest BCUT2D eigenvalue weighted by Crippen LogP contribution is -2.43. The van der Waals surface area contributed by atoms with Crippen LogP contribution < -0.4 is 10.2 Å². The fourth-order valence-corrected chi connectivity index (χ4v) is 3.47. The highest BCUT2D eigenvalue weighted by Gasteiger charge is 2.42. The van der Waals surface area contributed by atoms with Crippen molar-refractivity contribution in [2.45, 2.75) is 18.3 Å². The first-order valence-electron chi connectivity index (χ1n) is 6.90. The molecule has 1 N–H and O–H groups in total. The van der Waals surface area contributed by atoms with Crippen LogP contribution in [0.1, 0.15) is 18.4 Å². The molecule has 2 aliphatic heterocycles. The van der Waals surface area contributed by atoms with Crippen molar-refractivity contribution in [3.8, 4) is 0 Å². The SMILES string of the molecule is COCCN1CC2(CCNCC2)c2ccccc21. The Morgan fingerprint density at radius 3 is 2.83 bits per heavy atom. The highest BCUT2D eigenvalue weighted by atomic mass is 16.5. The summed E-state index contributed by atoms with van der Waals surface area (Å²) >= 11 is 0. The molecule has 0 aliphatic carbocycles. The molecule has 1 spiro atoms. The van der Waals surface area contributed by atoms with Gasteiger partial charge in [0.2, 0.25) is 0 Å². The van der Waals surface area contributed by atoms with E-state index in [-0.39, 0.29) is 0 Å². The molecular weight excluding hydrogens is 224 g/mol. The summed E-state index contributed by atoms with van der Waals surface area (Å²) in [5.41, 5.74) is 3.37. The van der Waals surface area contributed by atoms with Crippen LogP contribution in [0.15, 0.2) is 24.3 Å². The number of ether oxygens (including phenoxy) is 1. The number of rotatable bonds is 3. The Morgan fingerprint density at radius 2 is 2.06 bits per heavy atom. The minimum Gasteiger partial charge on any atom is -0.383 e. The molecule has 0 unspecified atom stereocenters. The van der Waals surface area contributed by atoms with Gasteiger partial charge in [0.05, 0.1) is 6.61 Å². The number of methoxy groups -OCH3 is 1. The second-order valence-electron chi connectivity index (χ2n) is 5.46. The number of fused-ring (bicyclic) bond motifs is 2. The lowest BCUT2D eigenvalue weighted by atomic mass is 9.75. The highest BCUT2D eigenvalue weighted by molar-refractivity contribution is 5.62. The standard InChI is InChI=1S/C15H22N2O/c1-18-11-10-17-12-15(6-8-16-9-7-15)13-4-2-3-5-14(13)17/h2-5,16H,6-12H2,1H3. The fourth-order valence-electron chi connectivity index (χ4n) is 3.47. The predicted molar refractivity (Wildman–Crippen MR) is 74.3 cm³/mol. The van der Waals surface area contributed by atoms with Gasteiger partial charge in [-0.3, -0.25) is 0 Å². The zero-order valence-electron chi connectivity index (χ0n) is 11.1. The van der Waals surface area contributed by atoms with Crippen LogP contribution in [0, 0.1) is 0 Å². The average molecular weight is 246 g/mol. The number of piperidine rings is 1. The topological polar surface area (TPSA) is 24.5 Å². The number of hydrogen-bond acceptors (Lipinski definition) is 3. The van der Waals surface area contributed by atoms with E-state index in [1.54, 1.807) is 12.7 Å². The summed E-state index contributed by atoms with van der Waals surface area (Å²) in [6, 6.07) is 8.93. The third kappa shape index (κ3) is 1.91. The van der Waals surface area contributed by atoms with Crippen molar-refractivity contribution in [1.82, 2.24) is 5.32 Å². The first-order valence-corrected chi connectivity index (χ1v) is 6.90. The van der Waals surface area contributed by atoms with Gasteiger partial charge in [-0.15, -0.1) is 0 Å². The van der Waals surface area contributed by atoms with E-state index < -0.39 is 0 Å². The number of hydrogen-bond donors (Lipinski definition) is 1. The molecule has 0 atom stereocenters. The van der Waals surface area contributed by atoms with Crippen LogP contribution in [0.5, 0.6) is 0 Å². The highest BCUT2D eigenvalue weighted by Crippen LogP contribution is 2.45. The Labute approximate surface area is 109 Å². The molecule has 0 bridgehead atoms. The number of nitrogens with one attached hydrogen (secondary N) is 1. The molecule has 18 heavy (non-hydrogen) atoms. The van der Waals surface area contributed by atoms with E-state index in [0.29, 0.717) is 5.41 Å². The van der Waals surface area contributed by atoms with Crippen molar-refractivity contribution in [1.29, 1.82) is 0 Å². The van der Waals surface area contributed by atoms with E-state index in [4.69, 9.17) is 4.74 Å². The normalized spacial score (nSPS) is 21.3. The Kier molecular flexibility index (Phi) is 3.27. The molecule has 0 radical (unpaired) electrons. The van der Waals surface area contributed by atoms with Gasteiger partial charge in [0.1, 0.15) is 0 Å². The molecule has 3 rings (SSSR count). The van der Waals surface area contributed by atoms with Gasteiger partial charge in [-0.1, -0.05) is 18.2 Å². The Bertz CT molecular complexity index is 413. The molecule has 3 nitrogen and oxygen atoms in total. The van der Waals surface area contributed by atoms with Crippen molar-refractivity contribution in [2.75, 3.05) is 44.8 Å². The molecule has 98 valence electrons. The molecule has 1 aromatic rings. The number of para-hydroxylation sites is 1. The van der Waals surface area contributed by atoms with Crippen molar-refractivity contribution in [3.05, 3.63) is 29.8 Å². The minimum atomic E-state index is 0.385. The number of benzene rings is 1. The third-order valence-electron chi connectivity index (χ3n) is 4.44. The molecular formula is C15H22N2O. The van der Waals surface area contributed by atoms with E-state index in [1.165, 1.54) is 18.5 Å². The van der Waals surface area contributed by atoms with Crippen molar-refractivity contribution in [2.24, 2.45) is 0 Å². The van der Waals surface area contributed by atoms with Gasteiger partial charge in [0, 0.05) is 31.3 Å². The molecule has 1 aromatic carbocycles. The van der Waals surface area contributed by atoms with Crippen molar-refractivity contribution < 1.29 is 4.74 Å². The Hall–Kier alpha value is -1.06. The molecule has 2 heterocycles. The van der Waals surface area contributed by atoms with Crippen molar-refractivity contribution >= 4 is 5.69 Å². The summed E-state index contributed by atoms with van der Waals surface area (Å²) in [7, 11) is 1.78. The molecule has 0 aromatic heterocycles. The molecule has 2 aliphatic rings. The summed E-state index contributed by atoms with van der Waals surface area (Å²) in [5, 5.41) is 3.48. The third-order valence-corrected chi connectivity index (χ3v) is 4.44. The fraction of sp³-hybridized carbons (Fsp3) is 0.600. The van der Waals surface area contributed by atoms with Gasteiger partial charge < -0.3 is 15.0 Å². The first-order chi connectivity index (χ1) is 8.86. The van der Waals surface area contributed by atoms with E-state index in [9.17, 15) is 0 Å². The Morgan fingerprint density at radius 1 is 1.28 bits per heavy atom. The van der Waals surface area contributed by atoms with Crippen LogP contribution in [0.3, 0.4) is 0 Å². The van der Waals surface area contributed by atoms with Gasteiger partial charge in [-0.25, -0.2) is 0 Å². The summed E-state index contributed by atoms with van der Waals surface area (Å²) in [6.07, 6.45) is 2.51. The monoisotopic (exact) mass is 246 g/mol. The van der Waals surface area contributed by atoms with Crippen LogP contribution >= 0.6 is 0 Å². The lowest BCUT2D eigenvalue weighted by Gasteiger charge is -2.35. The van der Waals surface area contributed by atoms with Gasteiger partial charge in [0.15, 0.2) is 0 Å². The molecule has 1 saturated heterocycles. The van der Waals surface area contributed by atoms with Gasteiger partial charge in [-0.05, 0) is 37.6 Å². The van der Waals surface area contributed by atoms with E-state index in [1.807, 2.05) is 0 Å². The van der Waals surface area contributed by atoms with Crippen LogP contribution in [0.2, 0.25) is 0 Å². The van der Waals surface area contributed by atoms with Crippen LogP contribution in [0.4, 0.5) is 5.69 Å². The predicted octanol–water partition coefficient (Wildman–Crippen LogP) is 1.77. The minimum absolute atomic E-state index is 0.385. The zero-order chi connectivity index (χ0) is 12.4. The number of anilines is 1. The first kappa shape index (κ1) is 12.0. The van der Waals surface area contributed by atoms with E-state index in [0.717, 1.165) is 32.8 Å².